The van der Waals surface area contributed by atoms with E-state index in [2.05, 4.69) is 24.1 Å². The largest absolute Gasteiger partial charge is 0.372 e. The maximum Gasteiger partial charge on any atom is 0.251 e. The number of halogens is 2. The Labute approximate surface area is 141 Å². The number of hydrogen-bond donors (Lipinski definition) is 1. The van der Waals surface area contributed by atoms with Crippen molar-refractivity contribution in [3.05, 3.63) is 65.2 Å². The lowest BCUT2D eigenvalue weighted by Gasteiger charge is -2.21. The molecular weight excluding hydrogens is 310 g/mol. The molecule has 5 heteroatoms. The van der Waals surface area contributed by atoms with Crippen molar-refractivity contribution in [1.29, 1.82) is 0 Å². The van der Waals surface area contributed by atoms with Crippen LogP contribution in [-0.2, 0) is 0 Å². The van der Waals surface area contributed by atoms with Crippen molar-refractivity contribution in [1.82, 2.24) is 5.32 Å². The maximum atomic E-state index is 13.8. The summed E-state index contributed by atoms with van der Waals surface area (Å²) in [4.78, 5) is 14.5. The fraction of sp³-hybridized carbons (Fsp3) is 0.316. The maximum absolute atomic E-state index is 13.8. The Kier molecular flexibility index (Phi) is 5.90. The highest BCUT2D eigenvalue weighted by Gasteiger charge is 2.15. The van der Waals surface area contributed by atoms with Gasteiger partial charge in [0.2, 0.25) is 0 Å². The number of amides is 1. The Morgan fingerprint density at radius 2 is 1.71 bits per heavy atom. The zero-order valence-electron chi connectivity index (χ0n) is 14.1. The molecule has 0 radical (unpaired) electrons. The van der Waals surface area contributed by atoms with Crippen LogP contribution in [0.25, 0.3) is 0 Å². The molecule has 0 aliphatic rings. The van der Waals surface area contributed by atoms with Gasteiger partial charge in [-0.1, -0.05) is 6.07 Å². The van der Waals surface area contributed by atoms with Gasteiger partial charge in [0.25, 0.3) is 5.91 Å². The van der Waals surface area contributed by atoms with Crippen LogP contribution in [0.15, 0.2) is 42.5 Å². The standard InChI is InChI=1S/C19H22F2N2O/c1-4-23(5-2)16-9-6-14(7-10-16)19(24)22-13(3)17-11-8-15(20)12-18(17)21/h6-13H,4-5H2,1-3H3,(H,22,24). The molecule has 1 atom stereocenters. The van der Waals surface area contributed by atoms with Crippen LogP contribution in [0.1, 0.15) is 42.7 Å². The molecular formula is C19H22F2N2O. The minimum atomic E-state index is -0.667. The van der Waals surface area contributed by atoms with Gasteiger partial charge in [-0.25, -0.2) is 8.78 Å². The molecule has 2 rings (SSSR count). The average molecular weight is 332 g/mol. The van der Waals surface area contributed by atoms with Gasteiger partial charge in [-0.05, 0) is 51.1 Å². The molecule has 128 valence electrons. The minimum Gasteiger partial charge on any atom is -0.372 e. The summed E-state index contributed by atoms with van der Waals surface area (Å²) in [6.07, 6.45) is 0. The monoisotopic (exact) mass is 332 g/mol. The molecule has 0 heterocycles. The van der Waals surface area contributed by atoms with Gasteiger partial charge >= 0.3 is 0 Å². The first-order chi connectivity index (χ1) is 11.5. The molecule has 0 aliphatic heterocycles. The van der Waals surface area contributed by atoms with Gasteiger partial charge in [-0.3, -0.25) is 4.79 Å². The predicted molar refractivity (Wildman–Crippen MR) is 92.2 cm³/mol. The first-order valence-corrected chi connectivity index (χ1v) is 8.07. The van der Waals surface area contributed by atoms with Gasteiger partial charge in [0.1, 0.15) is 11.6 Å². The van der Waals surface area contributed by atoms with E-state index < -0.39 is 17.7 Å². The number of nitrogens with one attached hydrogen (secondary N) is 1. The lowest BCUT2D eigenvalue weighted by Crippen LogP contribution is -2.27. The number of rotatable bonds is 6. The second kappa shape index (κ2) is 7.90. The van der Waals surface area contributed by atoms with E-state index in [1.807, 2.05) is 12.1 Å². The lowest BCUT2D eigenvalue weighted by molar-refractivity contribution is 0.0939. The van der Waals surface area contributed by atoms with Crippen LogP contribution in [0.2, 0.25) is 0 Å². The van der Waals surface area contributed by atoms with E-state index in [-0.39, 0.29) is 11.5 Å². The Bertz CT molecular complexity index is 697. The molecule has 0 fully saturated rings. The van der Waals surface area contributed by atoms with Gasteiger partial charge in [0.05, 0.1) is 6.04 Å². The molecule has 1 unspecified atom stereocenters. The quantitative estimate of drug-likeness (QED) is 0.855. The van der Waals surface area contributed by atoms with Crippen molar-refractivity contribution in [2.45, 2.75) is 26.8 Å². The Balaban J connectivity index is 2.09. The van der Waals surface area contributed by atoms with Crippen LogP contribution in [0.4, 0.5) is 14.5 Å². The number of nitrogens with zero attached hydrogens (tertiary/aromatic N) is 1. The highest BCUT2D eigenvalue weighted by molar-refractivity contribution is 5.94. The second-order valence-corrected chi connectivity index (χ2v) is 5.58. The molecule has 0 aliphatic carbocycles. The summed E-state index contributed by atoms with van der Waals surface area (Å²) in [5, 5.41) is 2.73. The van der Waals surface area contributed by atoms with Crippen molar-refractivity contribution >= 4 is 11.6 Å². The van der Waals surface area contributed by atoms with E-state index in [4.69, 9.17) is 0 Å². The normalized spacial score (nSPS) is 11.9. The molecule has 0 bridgehead atoms. The third kappa shape index (κ3) is 4.10. The third-order valence-corrected chi connectivity index (χ3v) is 4.03. The lowest BCUT2D eigenvalue weighted by atomic mass is 10.1. The smallest absolute Gasteiger partial charge is 0.251 e. The van der Waals surface area contributed by atoms with Crippen molar-refractivity contribution in [2.24, 2.45) is 0 Å². The fourth-order valence-corrected chi connectivity index (χ4v) is 2.62. The van der Waals surface area contributed by atoms with Crippen molar-refractivity contribution in [3.63, 3.8) is 0 Å². The van der Waals surface area contributed by atoms with Gasteiger partial charge in [0.15, 0.2) is 0 Å². The predicted octanol–water partition coefficient (Wildman–Crippen LogP) is 4.30. The number of anilines is 1. The summed E-state index contributed by atoms with van der Waals surface area (Å²) in [5.74, 6) is -1.60. The van der Waals surface area contributed by atoms with Gasteiger partial charge in [0, 0.05) is 36.0 Å². The average Bonchev–Trinajstić information content (AvgIpc) is 2.56. The summed E-state index contributed by atoms with van der Waals surface area (Å²) in [6.45, 7) is 7.59. The summed E-state index contributed by atoms with van der Waals surface area (Å²) in [7, 11) is 0. The summed E-state index contributed by atoms with van der Waals surface area (Å²) < 4.78 is 26.7. The Hall–Kier alpha value is -2.43. The zero-order valence-corrected chi connectivity index (χ0v) is 14.1. The van der Waals surface area contributed by atoms with Crippen LogP contribution in [0, 0.1) is 11.6 Å². The number of carbonyl (C=O) groups excluding carboxylic acids is 1. The van der Waals surface area contributed by atoms with E-state index in [9.17, 15) is 13.6 Å². The van der Waals surface area contributed by atoms with Crippen molar-refractivity contribution in [3.8, 4) is 0 Å². The van der Waals surface area contributed by atoms with Crippen LogP contribution in [0.3, 0.4) is 0 Å². The second-order valence-electron chi connectivity index (χ2n) is 5.58. The van der Waals surface area contributed by atoms with E-state index in [0.29, 0.717) is 5.56 Å². The zero-order chi connectivity index (χ0) is 17.7. The van der Waals surface area contributed by atoms with Gasteiger partial charge in [-0.2, -0.15) is 0 Å². The molecule has 0 spiro atoms. The van der Waals surface area contributed by atoms with Gasteiger partial charge in [-0.15, -0.1) is 0 Å². The summed E-state index contributed by atoms with van der Waals surface area (Å²) in [5.41, 5.74) is 1.80. The SMILES string of the molecule is CCN(CC)c1ccc(C(=O)NC(C)c2ccc(F)cc2F)cc1. The number of hydrogen-bond acceptors (Lipinski definition) is 2. The van der Waals surface area contributed by atoms with Gasteiger partial charge < -0.3 is 10.2 Å². The molecule has 1 N–H and O–H groups in total. The van der Waals surface area contributed by atoms with E-state index >= 15 is 0 Å². The van der Waals surface area contributed by atoms with Crippen LogP contribution >= 0.6 is 0 Å². The third-order valence-electron chi connectivity index (χ3n) is 4.03. The van der Waals surface area contributed by atoms with Crippen LogP contribution < -0.4 is 10.2 Å². The summed E-state index contributed by atoms with van der Waals surface area (Å²) in [6, 6.07) is 10.1. The van der Waals surface area contributed by atoms with Crippen molar-refractivity contribution in [2.75, 3.05) is 18.0 Å². The van der Waals surface area contributed by atoms with Crippen LogP contribution in [-0.4, -0.2) is 19.0 Å². The number of benzene rings is 2. The molecule has 0 aromatic heterocycles. The topological polar surface area (TPSA) is 32.3 Å². The molecule has 3 nitrogen and oxygen atoms in total. The van der Waals surface area contributed by atoms with E-state index in [0.717, 1.165) is 24.8 Å². The minimum absolute atomic E-state index is 0.254. The first-order valence-electron chi connectivity index (χ1n) is 8.07. The van der Waals surface area contributed by atoms with E-state index in [1.54, 1.807) is 19.1 Å². The van der Waals surface area contributed by atoms with Crippen molar-refractivity contribution < 1.29 is 13.6 Å². The fourth-order valence-electron chi connectivity index (χ4n) is 2.62. The molecule has 2 aromatic rings. The summed E-state index contributed by atoms with van der Waals surface area (Å²) >= 11 is 0. The Morgan fingerprint density at radius 1 is 1.08 bits per heavy atom. The first kappa shape index (κ1) is 17.9. The van der Waals surface area contributed by atoms with Crippen LogP contribution in [0.5, 0.6) is 0 Å². The molecule has 1 amide bonds. The highest BCUT2D eigenvalue weighted by Crippen LogP contribution is 2.19. The molecule has 0 saturated carbocycles. The molecule has 2 aromatic carbocycles. The number of carbonyl (C=O) groups is 1. The molecule has 0 saturated heterocycles. The molecule has 24 heavy (non-hydrogen) atoms. The highest BCUT2D eigenvalue weighted by atomic mass is 19.1. The Morgan fingerprint density at radius 3 is 2.25 bits per heavy atom. The van der Waals surface area contributed by atoms with E-state index in [1.165, 1.54) is 12.1 Å².